The summed E-state index contributed by atoms with van der Waals surface area (Å²) in [5.41, 5.74) is 24.1. The van der Waals surface area contributed by atoms with Crippen LogP contribution in [0.1, 0.15) is 44.5 Å². The molecule has 4 aliphatic carbocycles. The van der Waals surface area contributed by atoms with Crippen LogP contribution in [0, 0.1) is 0 Å². The Labute approximate surface area is 526 Å². The van der Waals surface area contributed by atoms with E-state index in [1.165, 1.54) is 72.3 Å². The first kappa shape index (κ1) is 54.3. The maximum Gasteiger partial charge on any atom is 0.489 e. The fourth-order valence-corrected chi connectivity index (χ4v) is 14.6. The van der Waals surface area contributed by atoms with Gasteiger partial charge in [0.1, 0.15) is 0 Å². The van der Waals surface area contributed by atoms with Gasteiger partial charge >= 0.3 is 7.12 Å². The molecule has 0 bridgehead atoms. The third-order valence-electron chi connectivity index (χ3n) is 18.0. The van der Waals surface area contributed by atoms with Gasteiger partial charge in [0, 0.05) is 27.8 Å². The molecule has 18 rings (SSSR count). The zero-order valence-corrected chi connectivity index (χ0v) is 49.2. The molecule has 2 aromatic heterocycles. The van der Waals surface area contributed by atoms with Crippen LogP contribution in [0.15, 0.2) is 303 Å². The number of aromatic nitrogens is 6. The molecule has 4 aliphatic rings. The zero-order valence-electron chi connectivity index (χ0n) is 48.4. The minimum Gasteiger partial charge on any atom is -0.423 e. The van der Waals surface area contributed by atoms with E-state index in [0.717, 1.165) is 44.5 Å². The van der Waals surface area contributed by atoms with Gasteiger partial charge in [0.2, 0.25) is 5.28 Å². The molecular formula is C80H52BClN6O2. The van der Waals surface area contributed by atoms with Crippen molar-refractivity contribution in [2.75, 3.05) is 0 Å². The molecule has 0 saturated heterocycles. The normalized spacial score (nSPS) is 13.0. The lowest BCUT2D eigenvalue weighted by Crippen LogP contribution is -2.33. The fraction of sp³-hybridized carbons (Fsp3) is 0.0250. The lowest BCUT2D eigenvalue weighted by molar-refractivity contribution is 0.426. The molecular weight excluding hydrogens is 1120 g/mol. The van der Waals surface area contributed by atoms with Gasteiger partial charge in [-0.25, -0.2) is 19.9 Å². The third kappa shape index (κ3) is 8.61. The minimum atomic E-state index is -1.51. The first-order chi connectivity index (χ1) is 44.4. The molecule has 14 aromatic rings. The summed E-state index contributed by atoms with van der Waals surface area (Å²) in [6.07, 6.45) is 0. The van der Waals surface area contributed by atoms with Crippen molar-refractivity contribution < 1.29 is 10.0 Å². The summed E-state index contributed by atoms with van der Waals surface area (Å²) < 4.78 is 0. The molecule has 0 aliphatic heterocycles. The number of benzene rings is 12. The summed E-state index contributed by atoms with van der Waals surface area (Å²) in [5.74, 6) is 3.18. The van der Waals surface area contributed by atoms with E-state index in [0.29, 0.717) is 34.6 Å². The van der Waals surface area contributed by atoms with E-state index >= 15 is 0 Å². The second-order valence-corrected chi connectivity index (χ2v) is 23.0. The van der Waals surface area contributed by atoms with E-state index in [1.54, 1.807) is 0 Å². The van der Waals surface area contributed by atoms with E-state index < -0.39 is 17.9 Å². The van der Waals surface area contributed by atoms with Crippen molar-refractivity contribution in [1.82, 2.24) is 29.9 Å². The Balaban J connectivity index is 0.000000118. The Kier molecular flexibility index (Phi) is 13.4. The highest BCUT2D eigenvalue weighted by Crippen LogP contribution is 2.65. The maximum absolute atomic E-state index is 10.1. The highest BCUT2D eigenvalue weighted by molar-refractivity contribution is 6.60. The fourth-order valence-electron chi connectivity index (χ4n) is 14.4. The van der Waals surface area contributed by atoms with Crippen LogP contribution in [0.25, 0.3) is 101 Å². The number of rotatable bonds is 6. The minimum absolute atomic E-state index is 0.202. The van der Waals surface area contributed by atoms with E-state index in [4.69, 9.17) is 26.6 Å². The Morgan fingerprint density at radius 2 is 0.489 bits per heavy atom. The molecule has 12 aromatic carbocycles. The van der Waals surface area contributed by atoms with Crippen molar-refractivity contribution in [1.29, 1.82) is 0 Å². The van der Waals surface area contributed by atoms with Gasteiger partial charge in [0.15, 0.2) is 29.1 Å². The summed E-state index contributed by atoms with van der Waals surface area (Å²) in [6.45, 7) is 0. The van der Waals surface area contributed by atoms with E-state index in [9.17, 15) is 10.0 Å². The standard InChI is InChI=1S/C40H25N3.C25H17BO2.C15H10ClN3/c1-3-14-26(15-4-1)37-41-38(27-16-5-2-6-17-27)43-39(42-37)31-21-13-25-35-36(31)30-20-9-12-24-34(30)40(35)32-22-10-7-18-28(32)29-19-8-11-23-33(29)40;27-26(28)23-15-7-14-22-24(23)18-10-3-6-13-21(18)25(22)19-11-4-1-8-16(19)17-9-2-5-12-20(17)25;16-15-18-13(11-7-3-1-4-8-11)17-14(19-15)12-9-5-2-6-10-12/h1-25H;1-15,27-28H;1-10H. The first-order valence-corrected chi connectivity index (χ1v) is 30.4. The second-order valence-electron chi connectivity index (χ2n) is 22.7. The smallest absolute Gasteiger partial charge is 0.423 e. The average Bonchev–Trinajstić information content (AvgIpc) is 1.52. The van der Waals surface area contributed by atoms with E-state index in [-0.39, 0.29) is 5.28 Å². The lowest BCUT2D eigenvalue weighted by atomic mass is 9.69. The van der Waals surface area contributed by atoms with E-state index in [1.807, 2.05) is 115 Å². The molecule has 0 saturated carbocycles. The quantitative estimate of drug-likeness (QED) is 0.158. The average molecular weight is 1180 g/mol. The summed E-state index contributed by atoms with van der Waals surface area (Å²) in [4.78, 5) is 28.0. The van der Waals surface area contributed by atoms with Crippen molar-refractivity contribution in [3.63, 3.8) is 0 Å². The SMILES string of the molecule is Clc1nc(-c2ccccc2)nc(-c2ccccc2)n1.OB(O)c1cccc2c1-c1ccccc1C21c2ccccc2-c2ccccc21.c1ccc(-c2nc(-c3ccccc3)nc(-c3cccc4c3-c3ccccc3C43c4ccccc4-c4ccccc43)n2)cc1. The van der Waals surface area contributed by atoms with E-state index in [2.05, 4.69) is 203 Å². The van der Waals surface area contributed by atoms with Crippen molar-refractivity contribution in [2.45, 2.75) is 10.8 Å². The lowest BCUT2D eigenvalue weighted by Gasteiger charge is -2.30. The van der Waals surface area contributed by atoms with Crippen molar-refractivity contribution in [2.24, 2.45) is 0 Å². The Hall–Kier alpha value is -11.1. The zero-order chi connectivity index (χ0) is 60.3. The van der Waals surface area contributed by atoms with Gasteiger partial charge in [-0.2, -0.15) is 9.97 Å². The molecule has 90 heavy (non-hydrogen) atoms. The molecule has 10 heteroatoms. The summed E-state index contributed by atoms with van der Waals surface area (Å²) in [5, 5.41) is 20.4. The molecule has 0 radical (unpaired) electrons. The predicted molar refractivity (Wildman–Crippen MR) is 361 cm³/mol. The Bertz CT molecular complexity index is 4880. The van der Waals surface area contributed by atoms with Crippen LogP contribution in [-0.2, 0) is 10.8 Å². The third-order valence-corrected chi connectivity index (χ3v) is 18.1. The molecule has 8 nitrogen and oxygen atoms in total. The molecule has 0 atom stereocenters. The number of hydrogen-bond acceptors (Lipinski definition) is 8. The van der Waals surface area contributed by atoms with Crippen molar-refractivity contribution in [3.8, 4) is 101 Å². The summed E-state index contributed by atoms with van der Waals surface area (Å²) in [7, 11) is -1.51. The van der Waals surface area contributed by atoms with Crippen LogP contribution in [0.5, 0.6) is 0 Å². The van der Waals surface area contributed by atoms with Crippen LogP contribution in [0.3, 0.4) is 0 Å². The highest BCUT2D eigenvalue weighted by Gasteiger charge is 2.54. The molecule has 2 N–H and O–H groups in total. The second kappa shape index (κ2) is 22.3. The van der Waals surface area contributed by atoms with Crippen LogP contribution in [0.2, 0.25) is 5.28 Å². The van der Waals surface area contributed by atoms with Gasteiger partial charge in [-0.1, -0.05) is 303 Å². The summed E-state index contributed by atoms with van der Waals surface area (Å²) in [6, 6.07) is 104. The van der Waals surface area contributed by atoms with Gasteiger partial charge in [-0.15, -0.1) is 0 Å². The first-order valence-electron chi connectivity index (χ1n) is 30.0. The van der Waals surface area contributed by atoms with Crippen LogP contribution >= 0.6 is 11.6 Å². The number of fused-ring (bicyclic) bond motifs is 20. The van der Waals surface area contributed by atoms with Crippen molar-refractivity contribution in [3.05, 3.63) is 353 Å². The van der Waals surface area contributed by atoms with Gasteiger partial charge in [0.25, 0.3) is 0 Å². The number of halogens is 1. The summed E-state index contributed by atoms with van der Waals surface area (Å²) >= 11 is 5.99. The molecule has 2 spiro atoms. The topological polar surface area (TPSA) is 118 Å². The van der Waals surface area contributed by atoms with Gasteiger partial charge < -0.3 is 10.0 Å². The molecule has 0 amide bonds. The van der Waals surface area contributed by atoms with Crippen LogP contribution in [-0.4, -0.2) is 47.1 Å². The van der Waals surface area contributed by atoms with Crippen molar-refractivity contribution >= 4 is 24.2 Å². The molecule has 0 unspecified atom stereocenters. The molecule has 0 fully saturated rings. The van der Waals surface area contributed by atoms with Crippen LogP contribution < -0.4 is 5.46 Å². The monoisotopic (exact) mass is 1170 g/mol. The van der Waals surface area contributed by atoms with Crippen LogP contribution in [0.4, 0.5) is 0 Å². The van der Waals surface area contributed by atoms with Gasteiger partial charge in [-0.05, 0) is 106 Å². The van der Waals surface area contributed by atoms with Gasteiger partial charge in [0.05, 0.1) is 10.8 Å². The Morgan fingerprint density at radius 1 is 0.233 bits per heavy atom. The maximum atomic E-state index is 10.1. The number of nitrogens with zero attached hydrogens (tertiary/aromatic N) is 6. The molecule has 2 heterocycles. The molecule has 424 valence electrons. The van der Waals surface area contributed by atoms with Gasteiger partial charge in [-0.3, -0.25) is 0 Å². The largest absolute Gasteiger partial charge is 0.489 e. The number of hydrogen-bond donors (Lipinski definition) is 2. The predicted octanol–water partition coefficient (Wildman–Crippen LogP) is 16.8. The highest BCUT2D eigenvalue weighted by atomic mass is 35.5. The Morgan fingerprint density at radius 3 is 0.856 bits per heavy atom.